The summed E-state index contributed by atoms with van der Waals surface area (Å²) in [6, 6.07) is 19.5. The van der Waals surface area contributed by atoms with Gasteiger partial charge in [-0.25, -0.2) is 0 Å². The van der Waals surface area contributed by atoms with E-state index < -0.39 is 0 Å². The summed E-state index contributed by atoms with van der Waals surface area (Å²) in [5.74, 6) is 0.662. The highest BCUT2D eigenvalue weighted by molar-refractivity contribution is 5.64. The Bertz CT molecular complexity index is 541. The van der Waals surface area contributed by atoms with E-state index in [0.29, 0.717) is 5.92 Å². The van der Waals surface area contributed by atoms with E-state index in [1.165, 1.54) is 48.8 Å². The second-order valence-electron chi connectivity index (χ2n) is 5.92. The number of benzene rings is 2. The molecule has 1 saturated carbocycles. The monoisotopic (exact) mass is 265 g/mol. The molecule has 0 bridgehead atoms. The van der Waals surface area contributed by atoms with Crippen LogP contribution in [0.1, 0.15) is 43.7 Å². The van der Waals surface area contributed by atoms with Crippen LogP contribution in [0.4, 0.5) is 0 Å². The Hall–Kier alpha value is -1.60. The van der Waals surface area contributed by atoms with Gasteiger partial charge in [-0.2, -0.15) is 0 Å². The quantitative estimate of drug-likeness (QED) is 0.836. The summed E-state index contributed by atoms with van der Waals surface area (Å²) in [5, 5.41) is 0. The average molecular weight is 265 g/mol. The van der Waals surface area contributed by atoms with E-state index in [-0.39, 0.29) is 6.04 Å². The fraction of sp³-hybridized carbons (Fsp3) is 0.368. The fourth-order valence-corrected chi connectivity index (χ4v) is 3.32. The topological polar surface area (TPSA) is 26.0 Å². The van der Waals surface area contributed by atoms with Gasteiger partial charge in [0.1, 0.15) is 0 Å². The maximum absolute atomic E-state index is 6.52. The Kier molecular flexibility index (Phi) is 4.17. The second-order valence-corrected chi connectivity index (χ2v) is 5.92. The summed E-state index contributed by atoms with van der Waals surface area (Å²) in [6.07, 6.45) is 6.65. The second kappa shape index (κ2) is 6.23. The van der Waals surface area contributed by atoms with Crippen molar-refractivity contribution >= 4 is 0 Å². The number of hydrogen-bond donors (Lipinski definition) is 1. The first kappa shape index (κ1) is 13.4. The lowest BCUT2D eigenvalue weighted by molar-refractivity contribution is 0.308. The van der Waals surface area contributed by atoms with Crippen LogP contribution in [0, 0.1) is 5.92 Å². The van der Waals surface area contributed by atoms with Crippen molar-refractivity contribution in [2.45, 2.75) is 38.1 Å². The molecule has 3 rings (SSSR count). The number of rotatable bonds is 3. The molecule has 1 aliphatic carbocycles. The minimum atomic E-state index is 0.193. The van der Waals surface area contributed by atoms with Crippen LogP contribution < -0.4 is 5.73 Å². The van der Waals surface area contributed by atoms with Crippen LogP contribution in [-0.2, 0) is 0 Å². The molecule has 0 unspecified atom stereocenters. The van der Waals surface area contributed by atoms with E-state index in [4.69, 9.17) is 5.73 Å². The van der Waals surface area contributed by atoms with Gasteiger partial charge >= 0.3 is 0 Å². The van der Waals surface area contributed by atoms with Crippen molar-refractivity contribution in [1.82, 2.24) is 0 Å². The van der Waals surface area contributed by atoms with Crippen molar-refractivity contribution in [3.8, 4) is 11.1 Å². The van der Waals surface area contributed by atoms with Gasteiger partial charge in [-0.05, 0) is 41.5 Å². The molecule has 2 aromatic rings. The minimum Gasteiger partial charge on any atom is -0.324 e. The lowest BCUT2D eigenvalue weighted by Crippen LogP contribution is -2.23. The van der Waals surface area contributed by atoms with Crippen molar-refractivity contribution in [1.29, 1.82) is 0 Å². The maximum atomic E-state index is 6.52. The third-order valence-electron chi connectivity index (χ3n) is 4.54. The molecule has 0 heterocycles. The van der Waals surface area contributed by atoms with Gasteiger partial charge in [0.2, 0.25) is 0 Å². The van der Waals surface area contributed by atoms with Crippen LogP contribution in [0.5, 0.6) is 0 Å². The van der Waals surface area contributed by atoms with E-state index >= 15 is 0 Å². The molecule has 20 heavy (non-hydrogen) atoms. The summed E-state index contributed by atoms with van der Waals surface area (Å²) in [6.45, 7) is 0. The summed E-state index contributed by atoms with van der Waals surface area (Å²) in [4.78, 5) is 0. The smallest absolute Gasteiger partial charge is 0.0323 e. The van der Waals surface area contributed by atoms with Gasteiger partial charge in [0.25, 0.3) is 0 Å². The van der Waals surface area contributed by atoms with E-state index in [1.54, 1.807) is 0 Å². The van der Waals surface area contributed by atoms with E-state index in [1.807, 2.05) is 0 Å². The SMILES string of the molecule is N[C@H](c1cccc(-c2ccccc2)c1)C1CCCCC1. The summed E-state index contributed by atoms with van der Waals surface area (Å²) in [7, 11) is 0. The van der Waals surface area contributed by atoms with Crippen molar-refractivity contribution in [3.63, 3.8) is 0 Å². The Morgan fingerprint density at radius 1 is 0.800 bits per heavy atom. The summed E-state index contributed by atoms with van der Waals surface area (Å²) < 4.78 is 0. The van der Waals surface area contributed by atoms with Crippen LogP contribution in [0.25, 0.3) is 11.1 Å². The van der Waals surface area contributed by atoms with Crippen LogP contribution in [-0.4, -0.2) is 0 Å². The highest BCUT2D eigenvalue weighted by atomic mass is 14.7. The standard InChI is InChI=1S/C19H23N/c20-19(16-10-5-2-6-11-16)18-13-7-12-17(14-18)15-8-3-1-4-9-15/h1,3-4,7-9,12-14,16,19H,2,5-6,10-11,20H2/t19-/m0/s1. The predicted octanol–water partition coefficient (Wildman–Crippen LogP) is 4.93. The van der Waals surface area contributed by atoms with Crippen LogP contribution in [0.3, 0.4) is 0 Å². The molecule has 1 aliphatic rings. The molecular formula is C19H23N. The largest absolute Gasteiger partial charge is 0.324 e. The lowest BCUT2D eigenvalue weighted by atomic mass is 9.81. The molecule has 2 N–H and O–H groups in total. The molecule has 1 nitrogen and oxygen atoms in total. The van der Waals surface area contributed by atoms with E-state index in [9.17, 15) is 0 Å². The highest BCUT2D eigenvalue weighted by Crippen LogP contribution is 2.34. The van der Waals surface area contributed by atoms with Gasteiger partial charge in [0.05, 0.1) is 0 Å². The van der Waals surface area contributed by atoms with Crippen molar-refractivity contribution in [2.24, 2.45) is 11.7 Å². The third-order valence-corrected chi connectivity index (χ3v) is 4.54. The third kappa shape index (κ3) is 2.94. The molecule has 104 valence electrons. The van der Waals surface area contributed by atoms with E-state index in [2.05, 4.69) is 54.6 Å². The first-order valence-corrected chi connectivity index (χ1v) is 7.75. The molecule has 2 aromatic carbocycles. The first-order valence-electron chi connectivity index (χ1n) is 7.75. The van der Waals surface area contributed by atoms with Crippen molar-refractivity contribution in [2.75, 3.05) is 0 Å². The van der Waals surface area contributed by atoms with Gasteiger partial charge in [0.15, 0.2) is 0 Å². The fourth-order valence-electron chi connectivity index (χ4n) is 3.32. The molecule has 1 heteroatoms. The Morgan fingerprint density at radius 2 is 1.50 bits per heavy atom. The zero-order valence-electron chi connectivity index (χ0n) is 12.0. The van der Waals surface area contributed by atoms with Crippen LogP contribution in [0.2, 0.25) is 0 Å². The summed E-state index contributed by atoms with van der Waals surface area (Å²) >= 11 is 0. The van der Waals surface area contributed by atoms with Crippen LogP contribution >= 0.6 is 0 Å². The van der Waals surface area contributed by atoms with Gasteiger partial charge in [-0.3, -0.25) is 0 Å². The van der Waals surface area contributed by atoms with Crippen LogP contribution in [0.15, 0.2) is 54.6 Å². The number of hydrogen-bond acceptors (Lipinski definition) is 1. The Morgan fingerprint density at radius 3 is 2.25 bits per heavy atom. The molecule has 0 radical (unpaired) electrons. The van der Waals surface area contributed by atoms with Gasteiger partial charge in [-0.15, -0.1) is 0 Å². The maximum Gasteiger partial charge on any atom is 0.0323 e. The lowest BCUT2D eigenvalue weighted by Gasteiger charge is -2.28. The molecule has 0 aliphatic heterocycles. The van der Waals surface area contributed by atoms with E-state index in [0.717, 1.165) is 0 Å². The molecule has 0 saturated heterocycles. The molecule has 1 fully saturated rings. The number of nitrogens with two attached hydrogens (primary N) is 1. The zero-order chi connectivity index (χ0) is 13.8. The average Bonchev–Trinajstić information content (AvgIpc) is 2.56. The van der Waals surface area contributed by atoms with Gasteiger partial charge in [-0.1, -0.05) is 67.8 Å². The van der Waals surface area contributed by atoms with Gasteiger partial charge in [0, 0.05) is 6.04 Å². The van der Waals surface area contributed by atoms with Crippen molar-refractivity contribution < 1.29 is 0 Å². The summed E-state index contributed by atoms with van der Waals surface area (Å²) in [5.41, 5.74) is 10.3. The minimum absolute atomic E-state index is 0.193. The predicted molar refractivity (Wildman–Crippen MR) is 85.4 cm³/mol. The van der Waals surface area contributed by atoms with Gasteiger partial charge < -0.3 is 5.73 Å². The normalized spacial score (nSPS) is 17.9. The molecule has 0 spiro atoms. The zero-order valence-corrected chi connectivity index (χ0v) is 12.0. The molecule has 0 amide bonds. The Balaban J connectivity index is 1.83. The molecule has 0 aromatic heterocycles. The molecule has 1 atom stereocenters. The Labute approximate surface area is 121 Å². The highest BCUT2D eigenvalue weighted by Gasteiger charge is 2.21. The molecular weight excluding hydrogens is 242 g/mol. The van der Waals surface area contributed by atoms with Crippen molar-refractivity contribution in [3.05, 3.63) is 60.2 Å². The first-order chi connectivity index (χ1) is 9.84.